The number of aryl methyl sites for hydroxylation is 1. The molecule has 0 aliphatic rings. The molecule has 6 heteroatoms. The van der Waals surface area contributed by atoms with Crippen LogP contribution in [0.15, 0.2) is 96.2 Å². The Hall–Kier alpha value is -3.41. The van der Waals surface area contributed by atoms with Crippen molar-refractivity contribution in [1.82, 2.24) is 15.3 Å². The minimum atomic E-state index is -0.483. The number of nitrogens with one attached hydrogen (secondary N) is 3. The average Bonchev–Trinajstić information content (AvgIpc) is 3.25. The van der Waals surface area contributed by atoms with E-state index in [0.29, 0.717) is 11.6 Å². The fourth-order valence-corrected chi connectivity index (χ4v) is 3.44. The number of aromatic nitrogens is 2. The predicted molar refractivity (Wildman–Crippen MR) is 137 cm³/mol. The zero-order valence-corrected chi connectivity index (χ0v) is 19.7. The number of aromatic amines is 1. The van der Waals surface area contributed by atoms with Gasteiger partial charge >= 0.3 is 0 Å². The Kier molecular flexibility index (Phi) is 8.81. The summed E-state index contributed by atoms with van der Waals surface area (Å²) in [6.45, 7) is 8.24. The molecular weight excluding hydrogens is 432 g/mol. The first kappa shape index (κ1) is 24.2. The maximum Gasteiger partial charge on any atom is 0.246 e. The van der Waals surface area contributed by atoms with Crippen molar-refractivity contribution < 1.29 is 4.79 Å². The molecule has 0 saturated heterocycles. The molecule has 1 aromatic heterocycles. The minimum Gasteiger partial charge on any atom is -0.342 e. The molecule has 0 aliphatic heterocycles. The third kappa shape index (κ3) is 7.31. The van der Waals surface area contributed by atoms with Crippen molar-refractivity contribution in [3.05, 3.63) is 107 Å². The van der Waals surface area contributed by atoms with Crippen LogP contribution in [0.5, 0.6) is 0 Å². The van der Waals surface area contributed by atoms with Crippen LogP contribution in [-0.4, -0.2) is 22.4 Å². The predicted octanol–water partition coefficient (Wildman–Crippen LogP) is 6.30. The zero-order chi connectivity index (χ0) is 23.6. The molecule has 0 aliphatic carbocycles. The number of H-pyrrole nitrogens is 1. The van der Waals surface area contributed by atoms with Crippen LogP contribution >= 0.6 is 11.6 Å². The molecule has 1 unspecified atom stereocenters. The number of rotatable bonds is 10. The lowest BCUT2D eigenvalue weighted by molar-refractivity contribution is -0.118. The quantitative estimate of drug-likeness (QED) is 0.311. The number of halogens is 1. The number of imidazole rings is 1. The number of anilines is 1. The van der Waals surface area contributed by atoms with E-state index in [0.717, 1.165) is 40.3 Å². The molecule has 5 nitrogen and oxygen atoms in total. The van der Waals surface area contributed by atoms with Crippen molar-refractivity contribution in [2.75, 3.05) is 11.9 Å². The van der Waals surface area contributed by atoms with Gasteiger partial charge in [-0.05, 0) is 56.2 Å². The van der Waals surface area contributed by atoms with Crippen LogP contribution in [0.1, 0.15) is 30.6 Å². The van der Waals surface area contributed by atoms with Crippen LogP contribution in [0, 0.1) is 6.92 Å². The number of carbonyl (C=O) groups is 1. The van der Waals surface area contributed by atoms with Gasteiger partial charge in [0.05, 0.1) is 0 Å². The van der Waals surface area contributed by atoms with Crippen molar-refractivity contribution in [1.29, 1.82) is 0 Å². The van der Waals surface area contributed by atoms with E-state index >= 15 is 0 Å². The Morgan fingerprint density at radius 1 is 1.15 bits per heavy atom. The van der Waals surface area contributed by atoms with E-state index in [1.165, 1.54) is 0 Å². The lowest BCUT2D eigenvalue weighted by Gasteiger charge is -2.19. The number of nitrogens with zero attached hydrogens (tertiary/aromatic N) is 1. The van der Waals surface area contributed by atoms with E-state index in [1.54, 1.807) is 12.3 Å². The Morgan fingerprint density at radius 3 is 2.48 bits per heavy atom. The molecule has 0 saturated carbocycles. The molecule has 0 radical (unpaired) electrons. The number of benzene rings is 2. The van der Waals surface area contributed by atoms with Gasteiger partial charge in [-0.25, -0.2) is 4.98 Å². The summed E-state index contributed by atoms with van der Waals surface area (Å²) in [5, 5.41) is 6.90. The summed E-state index contributed by atoms with van der Waals surface area (Å²) in [6, 6.07) is 16.9. The van der Waals surface area contributed by atoms with Crippen molar-refractivity contribution in [2.24, 2.45) is 0 Å². The van der Waals surface area contributed by atoms with E-state index in [4.69, 9.17) is 11.6 Å². The molecule has 1 atom stereocenters. The molecule has 3 rings (SSSR count). The third-order valence-electron chi connectivity index (χ3n) is 5.14. The van der Waals surface area contributed by atoms with Gasteiger partial charge in [0.1, 0.15) is 11.9 Å². The van der Waals surface area contributed by atoms with Gasteiger partial charge in [0.15, 0.2) is 0 Å². The lowest BCUT2D eigenvalue weighted by Crippen LogP contribution is -2.33. The molecule has 3 aromatic rings. The average molecular weight is 461 g/mol. The van der Waals surface area contributed by atoms with E-state index in [1.807, 2.05) is 80.6 Å². The Morgan fingerprint density at radius 2 is 1.88 bits per heavy atom. The molecule has 0 bridgehead atoms. The summed E-state index contributed by atoms with van der Waals surface area (Å²) in [5.74, 6) is 0.690. The van der Waals surface area contributed by atoms with Gasteiger partial charge < -0.3 is 15.6 Å². The fraction of sp³-hybridized carbons (Fsp3) is 0.185. The first-order chi connectivity index (χ1) is 16.0. The summed E-state index contributed by atoms with van der Waals surface area (Å²) in [6.07, 6.45) is 8.29. The summed E-state index contributed by atoms with van der Waals surface area (Å²) in [7, 11) is 0. The first-order valence-electron chi connectivity index (χ1n) is 10.8. The summed E-state index contributed by atoms with van der Waals surface area (Å²) in [4.78, 5) is 20.7. The van der Waals surface area contributed by atoms with Gasteiger partial charge in [-0.15, -0.1) is 0 Å². The second-order valence-electron chi connectivity index (χ2n) is 7.67. The fourth-order valence-electron chi connectivity index (χ4n) is 3.37. The number of hydrogen-bond donors (Lipinski definition) is 3. The largest absolute Gasteiger partial charge is 0.342 e. The van der Waals surface area contributed by atoms with Gasteiger partial charge in [-0.2, -0.15) is 0 Å². The van der Waals surface area contributed by atoms with Crippen LogP contribution in [0.2, 0.25) is 0 Å². The maximum atomic E-state index is 13.2. The number of allylic oxidation sites excluding steroid dienone is 4. The molecule has 1 amide bonds. The van der Waals surface area contributed by atoms with Gasteiger partial charge in [0.25, 0.3) is 0 Å². The Balaban J connectivity index is 1.68. The first-order valence-corrected chi connectivity index (χ1v) is 11.2. The van der Waals surface area contributed by atoms with Gasteiger partial charge in [-0.1, -0.05) is 66.2 Å². The van der Waals surface area contributed by atoms with Gasteiger partial charge in [0.2, 0.25) is 5.91 Å². The summed E-state index contributed by atoms with van der Waals surface area (Å²) in [5.41, 5.74) is 4.71. The topological polar surface area (TPSA) is 69.8 Å². The number of hydrogen-bond acceptors (Lipinski definition) is 3. The number of amides is 1. The SMILES string of the molecule is C=C(Cl)/C=C\C(=C/C)CCNC(C(=O)Nc1ccc(-c2ncc(C)[nH]2)cc1)c1ccccc1. The number of carbonyl (C=O) groups excluding carboxylic acids is 1. The molecule has 1 heterocycles. The molecule has 170 valence electrons. The molecule has 0 spiro atoms. The standard InChI is InChI=1S/C27H29ClN4O/c1-4-21(11-10-19(2)28)16-17-29-25(22-8-6-5-7-9-22)27(33)32-24-14-12-23(13-15-24)26-30-18-20(3)31-26/h4-15,18,25,29H,2,16-17H2,1,3H3,(H,30,31)(H,32,33)/b11-10-,21-4+. The van der Waals surface area contributed by atoms with Crippen molar-refractivity contribution in [3.8, 4) is 11.4 Å². The lowest BCUT2D eigenvalue weighted by atomic mass is 10.0. The molecule has 3 N–H and O–H groups in total. The Labute approximate surface area is 200 Å². The minimum absolute atomic E-state index is 0.116. The monoisotopic (exact) mass is 460 g/mol. The molecule has 2 aromatic carbocycles. The summed E-state index contributed by atoms with van der Waals surface area (Å²) >= 11 is 5.83. The Bertz CT molecular complexity index is 1130. The van der Waals surface area contributed by atoms with Crippen molar-refractivity contribution in [2.45, 2.75) is 26.3 Å². The third-order valence-corrected chi connectivity index (χ3v) is 5.26. The van der Waals surface area contributed by atoms with Crippen LogP contribution < -0.4 is 10.6 Å². The van der Waals surface area contributed by atoms with E-state index in [9.17, 15) is 4.79 Å². The normalized spacial score (nSPS) is 12.6. The van der Waals surface area contributed by atoms with Crippen LogP contribution in [0.25, 0.3) is 11.4 Å². The molecule has 33 heavy (non-hydrogen) atoms. The van der Waals surface area contributed by atoms with Crippen molar-refractivity contribution in [3.63, 3.8) is 0 Å². The van der Waals surface area contributed by atoms with Crippen LogP contribution in [0.4, 0.5) is 5.69 Å². The second-order valence-corrected chi connectivity index (χ2v) is 8.16. The molecule has 0 fully saturated rings. The van der Waals surface area contributed by atoms with Gasteiger partial charge in [-0.3, -0.25) is 4.79 Å². The van der Waals surface area contributed by atoms with E-state index in [-0.39, 0.29) is 5.91 Å². The highest BCUT2D eigenvalue weighted by molar-refractivity contribution is 6.30. The van der Waals surface area contributed by atoms with Crippen LogP contribution in [0.3, 0.4) is 0 Å². The molecular formula is C27H29ClN4O. The smallest absolute Gasteiger partial charge is 0.246 e. The van der Waals surface area contributed by atoms with E-state index < -0.39 is 6.04 Å². The van der Waals surface area contributed by atoms with Crippen LogP contribution in [-0.2, 0) is 4.79 Å². The highest BCUT2D eigenvalue weighted by Gasteiger charge is 2.20. The summed E-state index contributed by atoms with van der Waals surface area (Å²) < 4.78 is 0. The van der Waals surface area contributed by atoms with Gasteiger partial charge in [0, 0.05) is 34.7 Å². The second kappa shape index (κ2) is 12.0. The van der Waals surface area contributed by atoms with E-state index in [2.05, 4.69) is 27.2 Å². The highest BCUT2D eigenvalue weighted by atomic mass is 35.5. The van der Waals surface area contributed by atoms with Crippen molar-refractivity contribution >= 4 is 23.2 Å². The highest BCUT2D eigenvalue weighted by Crippen LogP contribution is 2.21. The maximum absolute atomic E-state index is 13.2. The zero-order valence-electron chi connectivity index (χ0n) is 18.9.